The number of carbonyl (C=O) groups is 3. The van der Waals surface area contributed by atoms with Gasteiger partial charge in [-0.3, -0.25) is 14.9 Å². The van der Waals surface area contributed by atoms with Gasteiger partial charge < -0.3 is 9.30 Å². The zero-order chi connectivity index (χ0) is 24.2. The van der Waals surface area contributed by atoms with Crippen LogP contribution in [-0.4, -0.2) is 29.0 Å². The molecule has 7 heteroatoms. The van der Waals surface area contributed by atoms with Crippen molar-refractivity contribution >= 4 is 29.6 Å². The molecule has 0 saturated carbocycles. The number of aryl methyl sites for hydroxylation is 3. The fourth-order valence-corrected chi connectivity index (χ4v) is 3.96. The van der Waals surface area contributed by atoms with Gasteiger partial charge in [0.05, 0.1) is 12.2 Å². The number of amides is 4. The molecule has 0 unspecified atom stereocenters. The third-order valence-corrected chi connectivity index (χ3v) is 5.66. The van der Waals surface area contributed by atoms with Crippen LogP contribution in [0.3, 0.4) is 0 Å². The Hall–Kier alpha value is -4.13. The Morgan fingerprint density at radius 3 is 2.35 bits per heavy atom. The number of barbiturate groups is 1. The molecule has 0 atom stereocenters. The number of anilines is 1. The number of urea groups is 1. The maximum atomic E-state index is 13.1. The van der Waals surface area contributed by atoms with Crippen LogP contribution < -0.4 is 15.0 Å². The number of rotatable bonds is 7. The molecule has 1 saturated heterocycles. The van der Waals surface area contributed by atoms with Crippen molar-refractivity contribution in [3.63, 3.8) is 0 Å². The molecule has 1 aliphatic rings. The van der Waals surface area contributed by atoms with Crippen LogP contribution in [0.4, 0.5) is 10.5 Å². The molecular formula is C27H27N3O4. The SMILES string of the molecule is CCc1ccc(N2C(=O)NC(=O)/C(=C/c3cccn3CCOc3cc(C)cc(C)c3)C2=O)cc1. The van der Waals surface area contributed by atoms with Gasteiger partial charge in [0, 0.05) is 11.9 Å². The van der Waals surface area contributed by atoms with Crippen molar-refractivity contribution < 1.29 is 19.1 Å². The van der Waals surface area contributed by atoms with Gasteiger partial charge in [-0.25, -0.2) is 9.69 Å². The number of hydrogen-bond donors (Lipinski definition) is 1. The summed E-state index contributed by atoms with van der Waals surface area (Å²) in [5.41, 5.74) is 4.32. The van der Waals surface area contributed by atoms with Crippen LogP contribution in [0, 0.1) is 13.8 Å². The monoisotopic (exact) mass is 457 g/mol. The first-order valence-corrected chi connectivity index (χ1v) is 11.2. The van der Waals surface area contributed by atoms with E-state index in [0.717, 1.165) is 33.8 Å². The Balaban J connectivity index is 1.52. The number of carbonyl (C=O) groups excluding carboxylic acids is 3. The second kappa shape index (κ2) is 9.79. The molecule has 7 nitrogen and oxygen atoms in total. The molecule has 0 bridgehead atoms. The summed E-state index contributed by atoms with van der Waals surface area (Å²) in [5, 5.41) is 2.27. The number of nitrogens with zero attached hydrogens (tertiary/aromatic N) is 2. The van der Waals surface area contributed by atoms with Crippen molar-refractivity contribution in [2.75, 3.05) is 11.5 Å². The number of hydrogen-bond acceptors (Lipinski definition) is 4. The first-order valence-electron chi connectivity index (χ1n) is 11.2. The number of ether oxygens (including phenoxy) is 1. The molecule has 0 aliphatic carbocycles. The predicted octanol–water partition coefficient (Wildman–Crippen LogP) is 4.41. The third-order valence-electron chi connectivity index (χ3n) is 5.66. The van der Waals surface area contributed by atoms with E-state index in [1.54, 1.807) is 18.2 Å². The zero-order valence-electron chi connectivity index (χ0n) is 19.5. The van der Waals surface area contributed by atoms with E-state index in [1.807, 2.05) is 61.9 Å². The van der Waals surface area contributed by atoms with Crippen molar-refractivity contribution in [2.45, 2.75) is 33.7 Å². The van der Waals surface area contributed by atoms with Crippen LogP contribution in [0.2, 0.25) is 0 Å². The molecule has 1 N–H and O–H groups in total. The summed E-state index contributed by atoms with van der Waals surface area (Å²) < 4.78 is 7.79. The Labute approximate surface area is 198 Å². The molecule has 4 rings (SSSR count). The van der Waals surface area contributed by atoms with E-state index < -0.39 is 17.8 Å². The Kier molecular flexibility index (Phi) is 6.63. The minimum Gasteiger partial charge on any atom is -0.492 e. The van der Waals surface area contributed by atoms with E-state index in [1.165, 1.54) is 6.08 Å². The lowest BCUT2D eigenvalue weighted by molar-refractivity contribution is -0.122. The molecular weight excluding hydrogens is 430 g/mol. The van der Waals surface area contributed by atoms with Crippen molar-refractivity contribution in [1.82, 2.24) is 9.88 Å². The molecule has 1 aliphatic heterocycles. The summed E-state index contributed by atoms with van der Waals surface area (Å²) in [6, 6.07) is 16.1. The summed E-state index contributed by atoms with van der Waals surface area (Å²) in [5.74, 6) is -0.567. The Morgan fingerprint density at radius 2 is 1.68 bits per heavy atom. The molecule has 0 spiro atoms. The molecule has 1 fully saturated rings. The maximum absolute atomic E-state index is 13.1. The minimum atomic E-state index is -0.756. The van der Waals surface area contributed by atoms with Crippen LogP contribution in [0.25, 0.3) is 6.08 Å². The fraction of sp³-hybridized carbons (Fsp3) is 0.222. The topological polar surface area (TPSA) is 80.6 Å². The van der Waals surface area contributed by atoms with Gasteiger partial charge in [-0.1, -0.05) is 25.1 Å². The van der Waals surface area contributed by atoms with E-state index in [2.05, 4.69) is 11.4 Å². The summed E-state index contributed by atoms with van der Waals surface area (Å²) >= 11 is 0. The van der Waals surface area contributed by atoms with Crippen molar-refractivity contribution in [1.29, 1.82) is 0 Å². The van der Waals surface area contributed by atoms with Gasteiger partial charge in [-0.2, -0.15) is 0 Å². The van der Waals surface area contributed by atoms with Crippen LogP contribution in [0.1, 0.15) is 29.3 Å². The van der Waals surface area contributed by atoms with Crippen LogP contribution in [0.15, 0.2) is 66.4 Å². The highest BCUT2D eigenvalue weighted by molar-refractivity contribution is 6.39. The van der Waals surface area contributed by atoms with Crippen molar-refractivity contribution in [3.8, 4) is 5.75 Å². The highest BCUT2D eigenvalue weighted by Crippen LogP contribution is 2.23. The standard InChI is InChI=1S/C27H27N3O4/c1-4-20-7-9-21(10-8-20)30-26(32)24(25(31)28-27(30)33)17-22-6-5-11-29(22)12-13-34-23-15-18(2)14-19(3)16-23/h5-11,14-17H,4,12-13H2,1-3H3,(H,28,31,33)/b24-17-. The van der Waals surface area contributed by atoms with Crippen molar-refractivity contribution in [3.05, 3.63) is 88.8 Å². The van der Waals surface area contributed by atoms with Gasteiger partial charge in [0.15, 0.2) is 0 Å². The fourth-order valence-electron chi connectivity index (χ4n) is 3.96. The van der Waals surface area contributed by atoms with Gasteiger partial charge >= 0.3 is 6.03 Å². The second-order valence-electron chi connectivity index (χ2n) is 8.28. The maximum Gasteiger partial charge on any atom is 0.335 e. The molecule has 2 heterocycles. The number of nitrogens with one attached hydrogen (secondary N) is 1. The molecule has 1 aromatic heterocycles. The summed E-state index contributed by atoms with van der Waals surface area (Å²) in [4.78, 5) is 39.1. The van der Waals surface area contributed by atoms with Gasteiger partial charge in [0.1, 0.15) is 17.9 Å². The van der Waals surface area contributed by atoms with E-state index in [0.29, 0.717) is 24.5 Å². The molecule has 3 aromatic rings. The lowest BCUT2D eigenvalue weighted by Crippen LogP contribution is -2.54. The van der Waals surface area contributed by atoms with Crippen molar-refractivity contribution in [2.24, 2.45) is 0 Å². The average molecular weight is 458 g/mol. The van der Waals surface area contributed by atoms with Crippen LogP contribution >= 0.6 is 0 Å². The van der Waals surface area contributed by atoms with Gasteiger partial charge in [-0.15, -0.1) is 0 Å². The highest BCUT2D eigenvalue weighted by atomic mass is 16.5. The van der Waals surface area contributed by atoms with E-state index in [9.17, 15) is 14.4 Å². The number of aromatic nitrogens is 1. The molecule has 4 amide bonds. The van der Waals surface area contributed by atoms with E-state index >= 15 is 0 Å². The Bertz CT molecular complexity index is 1250. The predicted molar refractivity (Wildman–Crippen MR) is 131 cm³/mol. The first kappa shape index (κ1) is 23.0. The van der Waals surface area contributed by atoms with Crippen LogP contribution in [0.5, 0.6) is 5.75 Å². The average Bonchev–Trinajstić information content (AvgIpc) is 3.23. The zero-order valence-corrected chi connectivity index (χ0v) is 19.5. The summed E-state index contributed by atoms with van der Waals surface area (Å²) in [6.07, 6.45) is 4.21. The lowest BCUT2D eigenvalue weighted by Gasteiger charge is -2.26. The largest absolute Gasteiger partial charge is 0.492 e. The third kappa shape index (κ3) is 4.93. The Morgan fingerprint density at radius 1 is 0.971 bits per heavy atom. The minimum absolute atomic E-state index is 0.102. The van der Waals surface area contributed by atoms with E-state index in [-0.39, 0.29) is 5.57 Å². The van der Waals surface area contributed by atoms with Gasteiger partial charge in [0.2, 0.25) is 0 Å². The first-order chi connectivity index (χ1) is 16.4. The molecule has 2 aromatic carbocycles. The highest BCUT2D eigenvalue weighted by Gasteiger charge is 2.36. The van der Waals surface area contributed by atoms with Gasteiger partial charge in [-0.05, 0) is 79.4 Å². The normalized spacial score (nSPS) is 15.1. The van der Waals surface area contributed by atoms with Crippen LogP contribution in [-0.2, 0) is 22.6 Å². The number of benzene rings is 2. The molecule has 34 heavy (non-hydrogen) atoms. The number of imide groups is 2. The second-order valence-corrected chi connectivity index (χ2v) is 8.28. The lowest BCUT2D eigenvalue weighted by atomic mass is 10.1. The smallest absolute Gasteiger partial charge is 0.335 e. The molecule has 0 radical (unpaired) electrons. The van der Waals surface area contributed by atoms with E-state index in [4.69, 9.17) is 4.74 Å². The van der Waals surface area contributed by atoms with Gasteiger partial charge in [0.25, 0.3) is 11.8 Å². The summed E-state index contributed by atoms with van der Waals surface area (Å²) in [7, 11) is 0. The summed E-state index contributed by atoms with van der Waals surface area (Å²) in [6.45, 7) is 7.01. The quantitative estimate of drug-likeness (QED) is 0.421. The molecule has 174 valence electrons.